The molecule has 2 aliphatic rings. The molecule has 1 heteroatoms. The summed E-state index contributed by atoms with van der Waals surface area (Å²) in [5, 5.41) is 0. The SMILES string of the molecule is CC1C(C)[N+]12CC2. The van der Waals surface area contributed by atoms with E-state index in [2.05, 4.69) is 13.8 Å². The van der Waals surface area contributed by atoms with Gasteiger partial charge in [0.2, 0.25) is 0 Å². The summed E-state index contributed by atoms with van der Waals surface area (Å²) in [5.41, 5.74) is 0. The fourth-order valence-corrected chi connectivity index (χ4v) is 1.77. The van der Waals surface area contributed by atoms with Crippen LogP contribution in [0.5, 0.6) is 0 Å². The summed E-state index contributed by atoms with van der Waals surface area (Å²) >= 11 is 0. The van der Waals surface area contributed by atoms with Crippen LogP contribution in [0.2, 0.25) is 0 Å². The molecule has 0 saturated carbocycles. The number of quaternary nitrogens is 1. The summed E-state index contributed by atoms with van der Waals surface area (Å²) in [6, 6.07) is 2.03. The van der Waals surface area contributed by atoms with Gasteiger partial charge in [-0.15, -0.1) is 0 Å². The molecule has 2 saturated heterocycles. The second kappa shape index (κ2) is 0.752. The Morgan fingerprint density at radius 2 is 1.57 bits per heavy atom. The molecule has 2 atom stereocenters. The molecule has 7 heavy (non-hydrogen) atoms. The van der Waals surface area contributed by atoms with Gasteiger partial charge < -0.3 is 4.48 Å². The van der Waals surface area contributed by atoms with Crippen molar-refractivity contribution < 1.29 is 4.48 Å². The van der Waals surface area contributed by atoms with Crippen LogP contribution in [0.25, 0.3) is 0 Å². The lowest BCUT2D eigenvalue weighted by Gasteiger charge is -1.81. The summed E-state index contributed by atoms with van der Waals surface area (Å²) in [6.07, 6.45) is 0. The molecular weight excluding hydrogens is 86.1 g/mol. The lowest BCUT2D eigenvalue weighted by molar-refractivity contribution is -0.679. The van der Waals surface area contributed by atoms with Crippen molar-refractivity contribution in [2.24, 2.45) is 0 Å². The van der Waals surface area contributed by atoms with Gasteiger partial charge >= 0.3 is 0 Å². The first kappa shape index (κ1) is 3.90. The smallest absolute Gasteiger partial charge is 0.139 e. The van der Waals surface area contributed by atoms with Crippen LogP contribution in [0.1, 0.15) is 13.8 Å². The maximum absolute atomic E-state index is 2.36. The molecule has 2 fully saturated rings. The molecule has 2 unspecified atom stereocenters. The van der Waals surface area contributed by atoms with Gasteiger partial charge in [0.05, 0.1) is 0 Å². The van der Waals surface area contributed by atoms with E-state index in [1.54, 1.807) is 0 Å². The van der Waals surface area contributed by atoms with Gasteiger partial charge in [0.1, 0.15) is 25.2 Å². The first-order chi connectivity index (χ1) is 3.27. The number of nitrogens with zero attached hydrogens (tertiary/aromatic N) is 1. The van der Waals surface area contributed by atoms with Gasteiger partial charge in [-0.3, -0.25) is 0 Å². The molecule has 0 aromatic carbocycles. The Kier molecular flexibility index (Phi) is 0.419. The maximum atomic E-state index is 2.36. The highest BCUT2D eigenvalue weighted by Gasteiger charge is 2.69. The summed E-state index contributed by atoms with van der Waals surface area (Å²) in [7, 11) is 0. The highest BCUT2D eigenvalue weighted by molar-refractivity contribution is 4.87. The highest BCUT2D eigenvalue weighted by atomic mass is 15.6. The lowest BCUT2D eigenvalue weighted by atomic mass is 10.4. The second-order valence-electron chi connectivity index (χ2n) is 3.03. The zero-order valence-electron chi connectivity index (χ0n) is 5.02. The van der Waals surface area contributed by atoms with Gasteiger partial charge in [0.15, 0.2) is 0 Å². The molecule has 0 bridgehead atoms. The van der Waals surface area contributed by atoms with Crippen LogP contribution in [0.4, 0.5) is 0 Å². The van der Waals surface area contributed by atoms with Crippen molar-refractivity contribution in [3.05, 3.63) is 0 Å². The fraction of sp³-hybridized carbons (Fsp3) is 1.00. The summed E-state index contributed by atoms with van der Waals surface area (Å²) in [4.78, 5) is 0. The molecule has 0 aliphatic carbocycles. The van der Waals surface area contributed by atoms with Crippen LogP contribution in [-0.2, 0) is 0 Å². The van der Waals surface area contributed by atoms with Crippen LogP contribution in [-0.4, -0.2) is 29.7 Å². The van der Waals surface area contributed by atoms with Gasteiger partial charge in [0.25, 0.3) is 0 Å². The molecule has 0 aromatic rings. The van der Waals surface area contributed by atoms with E-state index < -0.39 is 0 Å². The lowest BCUT2D eigenvalue weighted by Crippen LogP contribution is -1.95. The summed E-state index contributed by atoms with van der Waals surface area (Å²) < 4.78 is 1.47. The minimum absolute atomic E-state index is 1.01. The van der Waals surface area contributed by atoms with Crippen LogP contribution in [0.15, 0.2) is 0 Å². The van der Waals surface area contributed by atoms with Crippen molar-refractivity contribution in [3.63, 3.8) is 0 Å². The van der Waals surface area contributed by atoms with E-state index in [1.807, 2.05) is 0 Å². The average Bonchev–Trinajstić information content (AvgIpc) is 2.47. The van der Waals surface area contributed by atoms with E-state index in [4.69, 9.17) is 0 Å². The Labute approximate surface area is 44.5 Å². The van der Waals surface area contributed by atoms with E-state index in [1.165, 1.54) is 17.6 Å². The van der Waals surface area contributed by atoms with Gasteiger partial charge in [-0.1, -0.05) is 0 Å². The first-order valence-electron chi connectivity index (χ1n) is 3.14. The summed E-state index contributed by atoms with van der Waals surface area (Å²) in [6.45, 7) is 7.67. The van der Waals surface area contributed by atoms with Crippen molar-refractivity contribution in [2.75, 3.05) is 13.1 Å². The third kappa shape index (κ3) is 0.260. The van der Waals surface area contributed by atoms with Crippen molar-refractivity contribution in [3.8, 4) is 0 Å². The normalized spacial score (nSPS) is 52.3. The number of rotatable bonds is 0. The Morgan fingerprint density at radius 3 is 1.57 bits per heavy atom. The second-order valence-corrected chi connectivity index (χ2v) is 3.03. The quantitative estimate of drug-likeness (QED) is 0.307. The Bertz CT molecular complexity index is 94.7. The first-order valence-corrected chi connectivity index (χ1v) is 3.14. The van der Waals surface area contributed by atoms with Crippen LogP contribution in [0.3, 0.4) is 0 Å². The molecule has 1 spiro atoms. The van der Waals surface area contributed by atoms with Gasteiger partial charge in [-0.05, 0) is 13.8 Å². The van der Waals surface area contributed by atoms with Crippen molar-refractivity contribution >= 4 is 0 Å². The van der Waals surface area contributed by atoms with Crippen LogP contribution in [0, 0.1) is 0 Å². The van der Waals surface area contributed by atoms with E-state index >= 15 is 0 Å². The molecule has 2 aliphatic heterocycles. The standard InChI is InChI=1S/C6H12N/c1-5-6(2)7(5)3-4-7/h5-6H,3-4H2,1-2H3/q+1. The minimum atomic E-state index is 1.01. The maximum Gasteiger partial charge on any atom is 0.139 e. The monoisotopic (exact) mass is 98.1 g/mol. The van der Waals surface area contributed by atoms with Crippen molar-refractivity contribution in [1.29, 1.82) is 0 Å². The molecule has 0 radical (unpaired) electrons. The molecular formula is C6H12N+. The topological polar surface area (TPSA) is 0 Å². The molecule has 2 rings (SSSR count). The van der Waals surface area contributed by atoms with E-state index in [-0.39, 0.29) is 0 Å². The third-order valence-corrected chi connectivity index (χ3v) is 2.97. The minimum Gasteiger partial charge on any atom is -0.300 e. The van der Waals surface area contributed by atoms with E-state index in [0.29, 0.717) is 0 Å². The number of hydrogen-bond acceptors (Lipinski definition) is 0. The Hall–Kier alpha value is -0.0400. The average molecular weight is 98.2 g/mol. The van der Waals surface area contributed by atoms with Crippen molar-refractivity contribution in [2.45, 2.75) is 25.9 Å². The number of hydrogen-bond donors (Lipinski definition) is 0. The molecule has 40 valence electrons. The zero-order valence-corrected chi connectivity index (χ0v) is 5.02. The predicted molar refractivity (Wildman–Crippen MR) is 28.9 cm³/mol. The third-order valence-electron chi connectivity index (χ3n) is 2.97. The van der Waals surface area contributed by atoms with Gasteiger partial charge in [-0.25, -0.2) is 0 Å². The molecule has 1 nitrogen and oxygen atoms in total. The van der Waals surface area contributed by atoms with E-state index in [9.17, 15) is 0 Å². The van der Waals surface area contributed by atoms with Crippen LogP contribution >= 0.6 is 0 Å². The largest absolute Gasteiger partial charge is 0.300 e. The van der Waals surface area contributed by atoms with Crippen molar-refractivity contribution in [1.82, 2.24) is 0 Å². The Balaban J connectivity index is 2.17. The Morgan fingerprint density at radius 1 is 1.14 bits per heavy atom. The summed E-state index contributed by atoms with van der Waals surface area (Å²) in [5.74, 6) is 0. The molecule has 0 aromatic heterocycles. The van der Waals surface area contributed by atoms with Crippen LogP contribution < -0.4 is 0 Å². The molecule has 0 N–H and O–H groups in total. The highest BCUT2D eigenvalue weighted by Crippen LogP contribution is 2.47. The fourth-order valence-electron chi connectivity index (χ4n) is 1.77. The predicted octanol–water partition coefficient (Wildman–Crippen LogP) is 0.607. The zero-order chi connectivity index (χ0) is 5.07. The van der Waals surface area contributed by atoms with E-state index in [0.717, 1.165) is 12.1 Å². The molecule has 2 heterocycles. The van der Waals surface area contributed by atoms with Gasteiger partial charge in [-0.2, -0.15) is 0 Å². The van der Waals surface area contributed by atoms with Gasteiger partial charge in [0, 0.05) is 0 Å². The molecule has 0 amide bonds.